The molecule has 0 aromatic carbocycles. The van der Waals surface area contributed by atoms with Crippen molar-refractivity contribution in [3.05, 3.63) is 0 Å². The summed E-state index contributed by atoms with van der Waals surface area (Å²) in [6.07, 6.45) is 8.88. The van der Waals surface area contributed by atoms with Gasteiger partial charge in [0, 0.05) is 6.04 Å². The highest BCUT2D eigenvalue weighted by Gasteiger charge is 1.96. The van der Waals surface area contributed by atoms with E-state index in [0.717, 1.165) is 0 Å². The van der Waals surface area contributed by atoms with Crippen LogP contribution >= 0.6 is 0 Å². The molecular weight excluding hydrogens is 122 g/mol. The van der Waals surface area contributed by atoms with E-state index in [1.807, 2.05) is 0 Å². The number of terminal acetylenes is 1. The fraction of sp³-hybridized carbons (Fsp3) is 0.778. The normalized spacial score (nSPS) is 12.5. The topological polar surface area (TPSA) is 12.0 Å². The quantitative estimate of drug-likeness (QED) is 0.573. The zero-order chi connectivity index (χ0) is 7.82. The van der Waals surface area contributed by atoms with Crippen molar-refractivity contribution >= 4 is 0 Å². The summed E-state index contributed by atoms with van der Waals surface area (Å²) in [6.45, 7) is 5.08. The van der Waals surface area contributed by atoms with Crippen LogP contribution in [0, 0.1) is 12.3 Å². The van der Waals surface area contributed by atoms with Crippen molar-refractivity contribution in [2.45, 2.75) is 39.2 Å². The molecule has 0 spiro atoms. The average Bonchev–Trinajstić information content (AvgIpc) is 1.97. The van der Waals surface area contributed by atoms with Crippen molar-refractivity contribution in [1.29, 1.82) is 0 Å². The van der Waals surface area contributed by atoms with Crippen LogP contribution in [0.5, 0.6) is 0 Å². The molecule has 0 heterocycles. The number of nitrogens with one attached hydrogen (secondary N) is 1. The largest absolute Gasteiger partial charge is 0.304 e. The first-order valence-corrected chi connectivity index (χ1v) is 3.98. The summed E-state index contributed by atoms with van der Waals surface area (Å²) in [4.78, 5) is 0. The number of hydrogen-bond acceptors (Lipinski definition) is 1. The van der Waals surface area contributed by atoms with Gasteiger partial charge in [-0.1, -0.05) is 25.7 Å². The summed E-state index contributed by atoms with van der Waals surface area (Å²) in [5, 5.41) is 3.23. The van der Waals surface area contributed by atoms with Crippen LogP contribution in [0.2, 0.25) is 0 Å². The van der Waals surface area contributed by atoms with E-state index in [4.69, 9.17) is 6.42 Å². The van der Waals surface area contributed by atoms with Crippen LogP contribution in [0.25, 0.3) is 0 Å². The second kappa shape index (κ2) is 6.64. The number of rotatable bonds is 5. The molecule has 0 unspecified atom stereocenters. The molecule has 10 heavy (non-hydrogen) atoms. The zero-order valence-electron chi connectivity index (χ0n) is 6.98. The Morgan fingerprint density at radius 1 is 1.60 bits per heavy atom. The van der Waals surface area contributed by atoms with Crippen LogP contribution in [0.15, 0.2) is 0 Å². The van der Waals surface area contributed by atoms with E-state index in [1.165, 1.54) is 19.3 Å². The van der Waals surface area contributed by atoms with Crippen LogP contribution in [0.1, 0.15) is 33.1 Å². The van der Waals surface area contributed by atoms with Crippen LogP contribution in [-0.2, 0) is 0 Å². The van der Waals surface area contributed by atoms with E-state index in [-0.39, 0.29) is 0 Å². The standard InChI is InChI=1S/C9H17N/c1-4-6-7-9(3)10-8-5-2/h2,9-10H,4,6-8H2,1,3H3/t9-/m0/s1. The molecule has 1 heteroatoms. The summed E-state index contributed by atoms with van der Waals surface area (Å²) >= 11 is 0. The molecule has 0 aromatic heterocycles. The van der Waals surface area contributed by atoms with Gasteiger partial charge >= 0.3 is 0 Å². The van der Waals surface area contributed by atoms with E-state index >= 15 is 0 Å². The molecule has 1 atom stereocenters. The highest BCUT2D eigenvalue weighted by atomic mass is 14.9. The predicted octanol–water partition coefficient (Wildman–Crippen LogP) is 1.79. The van der Waals surface area contributed by atoms with Gasteiger partial charge in [0.25, 0.3) is 0 Å². The number of unbranched alkanes of at least 4 members (excludes halogenated alkanes) is 1. The first-order valence-electron chi connectivity index (χ1n) is 3.98. The molecule has 0 bridgehead atoms. The maximum absolute atomic E-state index is 5.09. The van der Waals surface area contributed by atoms with E-state index in [9.17, 15) is 0 Å². The van der Waals surface area contributed by atoms with Crippen LogP contribution in [0.4, 0.5) is 0 Å². The molecule has 1 nitrogen and oxygen atoms in total. The molecule has 1 N–H and O–H groups in total. The van der Waals surface area contributed by atoms with Gasteiger partial charge in [0.2, 0.25) is 0 Å². The van der Waals surface area contributed by atoms with Crippen molar-refractivity contribution in [2.75, 3.05) is 6.54 Å². The Balaban J connectivity index is 3.10. The van der Waals surface area contributed by atoms with Crippen molar-refractivity contribution in [1.82, 2.24) is 5.32 Å². The Morgan fingerprint density at radius 2 is 2.30 bits per heavy atom. The monoisotopic (exact) mass is 139 g/mol. The Kier molecular flexibility index (Phi) is 6.32. The van der Waals surface area contributed by atoms with Crippen LogP contribution in [-0.4, -0.2) is 12.6 Å². The molecule has 0 saturated carbocycles. The molecule has 0 aliphatic carbocycles. The highest BCUT2D eigenvalue weighted by Crippen LogP contribution is 1.98. The molecule has 0 aliphatic heterocycles. The third-order valence-corrected chi connectivity index (χ3v) is 1.54. The summed E-state index contributed by atoms with van der Waals surface area (Å²) in [5.74, 6) is 2.56. The predicted molar refractivity (Wildman–Crippen MR) is 45.8 cm³/mol. The molecule has 0 aromatic rings. The van der Waals surface area contributed by atoms with Crippen molar-refractivity contribution < 1.29 is 0 Å². The molecule has 0 fully saturated rings. The molecule has 0 radical (unpaired) electrons. The van der Waals surface area contributed by atoms with E-state index in [2.05, 4.69) is 25.1 Å². The fourth-order valence-electron chi connectivity index (χ4n) is 0.846. The third kappa shape index (κ3) is 5.65. The van der Waals surface area contributed by atoms with Gasteiger partial charge in [-0.05, 0) is 13.3 Å². The van der Waals surface area contributed by atoms with Gasteiger partial charge in [0.15, 0.2) is 0 Å². The van der Waals surface area contributed by atoms with Gasteiger partial charge < -0.3 is 5.32 Å². The lowest BCUT2D eigenvalue weighted by Crippen LogP contribution is -2.25. The minimum absolute atomic E-state index is 0.580. The summed E-state index contributed by atoms with van der Waals surface area (Å²) in [7, 11) is 0. The molecule has 0 aliphatic rings. The third-order valence-electron chi connectivity index (χ3n) is 1.54. The summed E-state index contributed by atoms with van der Waals surface area (Å²) in [5.41, 5.74) is 0. The lowest BCUT2D eigenvalue weighted by molar-refractivity contribution is 0.522. The Hall–Kier alpha value is -0.480. The molecular formula is C9H17N. The lowest BCUT2D eigenvalue weighted by Gasteiger charge is -2.09. The maximum atomic E-state index is 5.09. The van der Waals surface area contributed by atoms with Gasteiger partial charge in [-0.3, -0.25) is 0 Å². The van der Waals surface area contributed by atoms with Gasteiger partial charge in [0.05, 0.1) is 6.54 Å². The molecule has 0 rings (SSSR count). The highest BCUT2D eigenvalue weighted by molar-refractivity contribution is 4.87. The molecule has 58 valence electrons. The van der Waals surface area contributed by atoms with Crippen molar-refractivity contribution in [3.8, 4) is 12.3 Å². The second-order valence-electron chi connectivity index (χ2n) is 2.63. The van der Waals surface area contributed by atoms with Gasteiger partial charge in [-0.15, -0.1) is 6.42 Å². The Bertz CT molecular complexity index is 102. The Labute approximate surface area is 64.2 Å². The summed E-state index contributed by atoms with van der Waals surface area (Å²) < 4.78 is 0. The second-order valence-corrected chi connectivity index (χ2v) is 2.63. The van der Waals surface area contributed by atoms with Crippen LogP contribution < -0.4 is 5.32 Å². The maximum Gasteiger partial charge on any atom is 0.0575 e. The van der Waals surface area contributed by atoms with Crippen molar-refractivity contribution in [2.24, 2.45) is 0 Å². The van der Waals surface area contributed by atoms with Gasteiger partial charge in [-0.25, -0.2) is 0 Å². The van der Waals surface area contributed by atoms with Gasteiger partial charge in [-0.2, -0.15) is 0 Å². The van der Waals surface area contributed by atoms with E-state index in [0.29, 0.717) is 12.6 Å². The van der Waals surface area contributed by atoms with Crippen LogP contribution in [0.3, 0.4) is 0 Å². The lowest BCUT2D eigenvalue weighted by atomic mass is 10.1. The molecule has 0 saturated heterocycles. The molecule has 0 amide bonds. The Morgan fingerprint density at radius 3 is 2.80 bits per heavy atom. The minimum atomic E-state index is 0.580. The fourth-order valence-corrected chi connectivity index (χ4v) is 0.846. The first-order chi connectivity index (χ1) is 4.81. The number of hydrogen-bond donors (Lipinski definition) is 1. The SMILES string of the molecule is C#CCN[C@@H](C)CCCC. The smallest absolute Gasteiger partial charge is 0.0575 e. The van der Waals surface area contributed by atoms with Gasteiger partial charge in [0.1, 0.15) is 0 Å². The summed E-state index contributed by atoms with van der Waals surface area (Å²) in [6, 6.07) is 0.580. The first kappa shape index (κ1) is 9.52. The zero-order valence-corrected chi connectivity index (χ0v) is 6.98. The van der Waals surface area contributed by atoms with Crippen molar-refractivity contribution in [3.63, 3.8) is 0 Å². The van der Waals surface area contributed by atoms with E-state index < -0.39 is 0 Å². The van der Waals surface area contributed by atoms with E-state index in [1.54, 1.807) is 0 Å². The average molecular weight is 139 g/mol. The minimum Gasteiger partial charge on any atom is -0.304 e.